The van der Waals surface area contributed by atoms with E-state index in [0.717, 1.165) is 0 Å². The van der Waals surface area contributed by atoms with Crippen LogP contribution in [0.25, 0.3) is 0 Å². The average Bonchev–Trinajstić information content (AvgIpc) is 2.41. The topological polar surface area (TPSA) is 85.2 Å². The van der Waals surface area contributed by atoms with Crippen molar-refractivity contribution in [3.05, 3.63) is 0 Å². The molecule has 0 aromatic heterocycles. The van der Waals surface area contributed by atoms with Gasteiger partial charge in [-0.15, -0.1) is 0 Å². The van der Waals surface area contributed by atoms with Crippen molar-refractivity contribution in [2.45, 2.75) is 24.6 Å². The molecule has 0 amide bonds. The number of phosphoric ester groups is 1. The molecular weight excluding hydrogens is 210 g/mol. The van der Waals surface area contributed by atoms with Crippen LogP contribution < -0.4 is 0 Å². The minimum absolute atomic E-state index is 0.226. The van der Waals surface area contributed by atoms with Gasteiger partial charge < -0.3 is 19.3 Å². The molecule has 0 aliphatic carbocycles. The van der Waals surface area contributed by atoms with Crippen molar-refractivity contribution in [2.24, 2.45) is 0 Å². The van der Waals surface area contributed by atoms with E-state index in [1.807, 2.05) is 0 Å². The lowest BCUT2D eigenvalue weighted by Crippen LogP contribution is -2.27. The van der Waals surface area contributed by atoms with Gasteiger partial charge >= 0.3 is 7.82 Å². The fraction of sp³-hybridized carbons (Fsp3) is 1.00. The summed E-state index contributed by atoms with van der Waals surface area (Å²) in [5.41, 5.74) is 0. The number of rotatable bonds is 4. The molecule has 2 radical (unpaired) electrons. The molecule has 2 N–H and O–H groups in total. The summed E-state index contributed by atoms with van der Waals surface area (Å²) in [5, 5.41) is 0. The van der Waals surface area contributed by atoms with Gasteiger partial charge in [0.25, 0.3) is 0 Å². The second-order valence-electron chi connectivity index (χ2n) is 3.01. The van der Waals surface area contributed by atoms with E-state index in [0.29, 0.717) is 6.42 Å². The molecule has 1 aliphatic rings. The molecule has 1 rings (SSSR count). The van der Waals surface area contributed by atoms with Crippen LogP contribution in [-0.4, -0.2) is 49.6 Å². The number of phosphoric acid groups is 1. The fourth-order valence-electron chi connectivity index (χ4n) is 1.31. The molecule has 0 saturated carbocycles. The van der Waals surface area contributed by atoms with Gasteiger partial charge in [-0.3, -0.25) is 4.52 Å². The Hall–Kier alpha value is 0.0949. The molecule has 0 bridgehead atoms. The maximum Gasteiger partial charge on any atom is 0.469 e. The van der Waals surface area contributed by atoms with Crippen molar-refractivity contribution in [2.75, 3.05) is 13.7 Å². The Morgan fingerprint density at radius 1 is 1.64 bits per heavy atom. The van der Waals surface area contributed by atoms with Gasteiger partial charge in [-0.05, 0) is 6.42 Å². The van der Waals surface area contributed by atoms with E-state index in [2.05, 4.69) is 4.52 Å². The molecule has 3 atom stereocenters. The van der Waals surface area contributed by atoms with Crippen molar-refractivity contribution in [3.63, 3.8) is 0 Å². The van der Waals surface area contributed by atoms with Crippen LogP contribution in [0.3, 0.4) is 0 Å². The Morgan fingerprint density at radius 2 is 2.29 bits per heavy atom. The standard InChI is InChI=1S/C6H12BO6P/c1-11-4-2-6(7)13-5(4)3-12-14(8,9)10/h4-6H,2-3H2,1H3,(H2,8,9,10)/t4?,5-,6-/m1/s1. The molecular formula is C6H12BO6P. The zero-order chi connectivity index (χ0) is 10.8. The Morgan fingerprint density at radius 3 is 2.79 bits per heavy atom. The molecule has 1 saturated heterocycles. The summed E-state index contributed by atoms with van der Waals surface area (Å²) in [6.07, 6.45) is -0.315. The minimum Gasteiger partial charge on any atom is -0.380 e. The van der Waals surface area contributed by atoms with Crippen molar-refractivity contribution >= 4 is 15.7 Å². The molecule has 1 fully saturated rings. The van der Waals surface area contributed by atoms with E-state index in [9.17, 15) is 4.57 Å². The molecule has 80 valence electrons. The Balaban J connectivity index is 2.40. The lowest BCUT2D eigenvalue weighted by Gasteiger charge is -2.17. The first-order chi connectivity index (χ1) is 6.42. The number of hydrogen-bond acceptors (Lipinski definition) is 4. The molecule has 1 heterocycles. The maximum atomic E-state index is 10.4. The summed E-state index contributed by atoms with van der Waals surface area (Å²) in [6, 6.07) is -0.467. The number of hydrogen-bond donors (Lipinski definition) is 2. The van der Waals surface area contributed by atoms with E-state index in [4.69, 9.17) is 27.1 Å². The quantitative estimate of drug-likeness (QED) is 0.487. The summed E-state index contributed by atoms with van der Waals surface area (Å²) in [7, 11) is 2.51. The third-order valence-electron chi connectivity index (χ3n) is 1.94. The lowest BCUT2D eigenvalue weighted by molar-refractivity contribution is -0.0201. The molecule has 8 heteroatoms. The van der Waals surface area contributed by atoms with Crippen LogP contribution in [0.15, 0.2) is 0 Å². The highest BCUT2D eigenvalue weighted by Crippen LogP contribution is 2.37. The summed E-state index contributed by atoms with van der Waals surface area (Å²) in [5.74, 6) is 0. The molecule has 1 aliphatic heterocycles. The first-order valence-electron chi connectivity index (χ1n) is 4.06. The van der Waals surface area contributed by atoms with Gasteiger partial charge in [0.1, 0.15) is 14.0 Å². The van der Waals surface area contributed by atoms with Crippen molar-refractivity contribution in [3.8, 4) is 0 Å². The zero-order valence-corrected chi connectivity index (χ0v) is 8.59. The van der Waals surface area contributed by atoms with Gasteiger partial charge in [-0.2, -0.15) is 0 Å². The zero-order valence-electron chi connectivity index (χ0n) is 7.70. The third-order valence-corrected chi connectivity index (χ3v) is 2.42. The highest BCUT2D eigenvalue weighted by Gasteiger charge is 2.34. The van der Waals surface area contributed by atoms with Crippen molar-refractivity contribution in [1.82, 2.24) is 0 Å². The SMILES string of the molecule is [B][C@H]1CC(OC)[C@@H](COP(=O)(O)O)O1. The normalized spacial score (nSPS) is 33.5. The lowest BCUT2D eigenvalue weighted by atomic mass is 9.96. The van der Waals surface area contributed by atoms with E-state index < -0.39 is 19.9 Å². The van der Waals surface area contributed by atoms with E-state index in [-0.39, 0.29) is 12.7 Å². The third kappa shape index (κ3) is 3.69. The van der Waals surface area contributed by atoms with Gasteiger partial charge in [0.05, 0.1) is 12.7 Å². The minimum atomic E-state index is -4.45. The number of ether oxygens (including phenoxy) is 2. The highest BCUT2D eigenvalue weighted by atomic mass is 31.2. The predicted molar refractivity (Wildman–Crippen MR) is 47.8 cm³/mol. The van der Waals surface area contributed by atoms with Crippen molar-refractivity contribution < 1.29 is 28.3 Å². The van der Waals surface area contributed by atoms with Gasteiger partial charge in [-0.1, -0.05) is 0 Å². The average molecular weight is 222 g/mol. The first kappa shape index (κ1) is 12.2. The van der Waals surface area contributed by atoms with Crippen LogP contribution in [0.4, 0.5) is 0 Å². The van der Waals surface area contributed by atoms with E-state index in [1.165, 1.54) is 7.11 Å². The summed E-state index contributed by atoms with van der Waals surface area (Å²) in [6.45, 7) is -0.226. The van der Waals surface area contributed by atoms with Crippen molar-refractivity contribution in [1.29, 1.82) is 0 Å². The largest absolute Gasteiger partial charge is 0.469 e. The maximum absolute atomic E-state index is 10.4. The van der Waals surface area contributed by atoms with Crippen LogP contribution >= 0.6 is 7.82 Å². The first-order valence-corrected chi connectivity index (χ1v) is 5.59. The monoisotopic (exact) mass is 222 g/mol. The molecule has 14 heavy (non-hydrogen) atoms. The van der Waals surface area contributed by atoms with Gasteiger partial charge in [0, 0.05) is 13.1 Å². The second-order valence-corrected chi connectivity index (χ2v) is 4.25. The summed E-state index contributed by atoms with van der Waals surface area (Å²) < 4.78 is 24.9. The molecule has 6 nitrogen and oxygen atoms in total. The van der Waals surface area contributed by atoms with Crippen LogP contribution in [-0.2, 0) is 18.6 Å². The molecule has 0 spiro atoms. The fourth-order valence-corrected chi connectivity index (χ4v) is 1.65. The summed E-state index contributed by atoms with van der Waals surface area (Å²) in [4.78, 5) is 16.9. The van der Waals surface area contributed by atoms with Crippen LogP contribution in [0.2, 0.25) is 0 Å². The molecule has 0 aromatic carbocycles. The predicted octanol–water partition coefficient (Wildman–Crippen LogP) is -0.606. The summed E-state index contributed by atoms with van der Waals surface area (Å²) >= 11 is 0. The van der Waals surface area contributed by atoms with E-state index in [1.54, 1.807) is 0 Å². The van der Waals surface area contributed by atoms with Gasteiger partial charge in [-0.25, -0.2) is 4.57 Å². The van der Waals surface area contributed by atoms with E-state index >= 15 is 0 Å². The highest BCUT2D eigenvalue weighted by molar-refractivity contribution is 7.46. The smallest absolute Gasteiger partial charge is 0.380 e. The van der Waals surface area contributed by atoms with Crippen LogP contribution in [0, 0.1) is 0 Å². The Kier molecular flexibility index (Phi) is 4.12. The number of methoxy groups -OCH3 is 1. The van der Waals surface area contributed by atoms with Gasteiger partial charge in [0.15, 0.2) is 0 Å². The van der Waals surface area contributed by atoms with Crippen LogP contribution in [0.5, 0.6) is 0 Å². The molecule has 0 aromatic rings. The van der Waals surface area contributed by atoms with Crippen LogP contribution in [0.1, 0.15) is 6.42 Å². The Labute approximate surface area is 83.2 Å². The molecule has 1 unspecified atom stereocenters. The second kappa shape index (κ2) is 4.74. The van der Waals surface area contributed by atoms with Gasteiger partial charge in [0.2, 0.25) is 0 Å². The Bertz CT molecular complexity index is 230.